The van der Waals surface area contributed by atoms with Gasteiger partial charge in [0, 0.05) is 6.20 Å². The first-order chi connectivity index (χ1) is 10.2. The van der Waals surface area contributed by atoms with Crippen LogP contribution in [-0.4, -0.2) is 18.6 Å². The van der Waals surface area contributed by atoms with Gasteiger partial charge < -0.3 is 10.1 Å². The van der Waals surface area contributed by atoms with Gasteiger partial charge in [-0.2, -0.15) is 0 Å². The number of hydrogen-bond acceptors (Lipinski definition) is 3. The van der Waals surface area contributed by atoms with E-state index in [-0.39, 0.29) is 6.04 Å². The number of aromatic nitrogens is 1. The van der Waals surface area contributed by atoms with Crippen LogP contribution < -0.4 is 10.1 Å². The van der Waals surface area contributed by atoms with Gasteiger partial charge in [-0.05, 0) is 42.8 Å². The molecule has 112 valence electrons. The Hall–Kier alpha value is -2.01. The Morgan fingerprint density at radius 3 is 2.71 bits per heavy atom. The van der Waals surface area contributed by atoms with Crippen LogP contribution in [0.1, 0.15) is 24.2 Å². The van der Waals surface area contributed by atoms with E-state index in [9.17, 15) is 8.78 Å². The summed E-state index contributed by atoms with van der Waals surface area (Å²) in [6, 6.07) is 7.44. The lowest BCUT2D eigenvalue weighted by molar-refractivity contribution is 0.394. The van der Waals surface area contributed by atoms with E-state index < -0.39 is 11.6 Å². The first-order valence-electron chi connectivity index (χ1n) is 6.82. The van der Waals surface area contributed by atoms with E-state index >= 15 is 0 Å². The topological polar surface area (TPSA) is 34.2 Å². The third-order valence-corrected chi connectivity index (χ3v) is 3.22. The zero-order valence-electron chi connectivity index (χ0n) is 12.1. The van der Waals surface area contributed by atoms with Crippen molar-refractivity contribution in [1.29, 1.82) is 0 Å². The average molecular weight is 292 g/mol. The van der Waals surface area contributed by atoms with Crippen molar-refractivity contribution >= 4 is 0 Å². The summed E-state index contributed by atoms with van der Waals surface area (Å²) in [6.07, 6.45) is 2.19. The zero-order valence-corrected chi connectivity index (χ0v) is 12.1. The van der Waals surface area contributed by atoms with Crippen LogP contribution in [-0.2, 0) is 6.42 Å². The first kappa shape index (κ1) is 15.4. The zero-order chi connectivity index (χ0) is 15.2. The number of nitrogens with zero attached hydrogens (tertiary/aromatic N) is 1. The highest BCUT2D eigenvalue weighted by molar-refractivity contribution is 5.31. The summed E-state index contributed by atoms with van der Waals surface area (Å²) < 4.78 is 31.6. The Morgan fingerprint density at radius 2 is 2.05 bits per heavy atom. The van der Waals surface area contributed by atoms with Gasteiger partial charge >= 0.3 is 0 Å². The number of rotatable bonds is 6. The summed E-state index contributed by atoms with van der Waals surface area (Å²) >= 11 is 0. The minimum absolute atomic E-state index is 0.129. The lowest BCUT2D eigenvalue weighted by Crippen LogP contribution is -2.24. The number of nitrogens with one attached hydrogen (secondary N) is 1. The van der Waals surface area contributed by atoms with Crippen LogP contribution in [0.2, 0.25) is 0 Å². The largest absolute Gasteiger partial charge is 0.495 e. The number of pyridine rings is 1. The molecule has 1 atom stereocenters. The average Bonchev–Trinajstić information content (AvgIpc) is 2.50. The van der Waals surface area contributed by atoms with Gasteiger partial charge in [-0.15, -0.1) is 0 Å². The van der Waals surface area contributed by atoms with Crippen LogP contribution in [0.15, 0.2) is 36.5 Å². The van der Waals surface area contributed by atoms with E-state index in [4.69, 9.17) is 4.74 Å². The molecule has 0 saturated carbocycles. The van der Waals surface area contributed by atoms with Crippen molar-refractivity contribution in [3.8, 4) is 5.75 Å². The van der Waals surface area contributed by atoms with Crippen molar-refractivity contribution in [2.75, 3.05) is 13.7 Å². The number of benzene rings is 1. The van der Waals surface area contributed by atoms with Gasteiger partial charge in [-0.3, -0.25) is 4.98 Å². The highest BCUT2D eigenvalue weighted by atomic mass is 19.2. The number of likely N-dealkylation sites (N-methyl/N-ethyl adjacent to an activating group) is 1. The van der Waals surface area contributed by atoms with Crippen LogP contribution >= 0.6 is 0 Å². The predicted octanol–water partition coefficient (Wildman–Crippen LogP) is 3.26. The molecule has 2 aromatic rings. The summed E-state index contributed by atoms with van der Waals surface area (Å²) in [5.41, 5.74) is 1.46. The molecule has 1 N–H and O–H groups in total. The summed E-state index contributed by atoms with van der Waals surface area (Å²) in [6.45, 7) is 2.71. The third kappa shape index (κ3) is 3.76. The molecule has 0 fully saturated rings. The van der Waals surface area contributed by atoms with E-state index in [1.165, 1.54) is 6.07 Å². The van der Waals surface area contributed by atoms with Crippen LogP contribution in [0, 0.1) is 11.6 Å². The normalized spacial score (nSPS) is 12.2. The highest BCUT2D eigenvalue weighted by Crippen LogP contribution is 2.25. The Kier molecular flexibility index (Phi) is 5.22. The maximum absolute atomic E-state index is 13.3. The van der Waals surface area contributed by atoms with Gasteiger partial charge in [0.2, 0.25) is 0 Å². The summed E-state index contributed by atoms with van der Waals surface area (Å²) in [4.78, 5) is 4.35. The maximum atomic E-state index is 13.3. The van der Waals surface area contributed by atoms with Crippen LogP contribution in [0.4, 0.5) is 8.78 Å². The van der Waals surface area contributed by atoms with E-state index in [2.05, 4.69) is 10.3 Å². The molecule has 0 aliphatic rings. The standard InChI is InChI=1S/C16H18F2N2O/c1-3-19-14(16-15(21-2)5-4-8-20-16)10-11-6-7-12(17)13(18)9-11/h4-9,14,19H,3,10H2,1-2H3. The SMILES string of the molecule is CCNC(Cc1ccc(F)c(F)c1)c1ncccc1OC. The lowest BCUT2D eigenvalue weighted by Gasteiger charge is -2.19. The summed E-state index contributed by atoms with van der Waals surface area (Å²) in [5.74, 6) is -1.00. The summed E-state index contributed by atoms with van der Waals surface area (Å²) in [7, 11) is 1.58. The molecule has 0 radical (unpaired) electrons. The van der Waals surface area contributed by atoms with Crippen molar-refractivity contribution in [2.24, 2.45) is 0 Å². The molecule has 2 rings (SSSR count). The monoisotopic (exact) mass is 292 g/mol. The van der Waals surface area contributed by atoms with Crippen molar-refractivity contribution in [1.82, 2.24) is 10.3 Å². The fourth-order valence-electron chi connectivity index (χ4n) is 2.25. The van der Waals surface area contributed by atoms with Crippen molar-refractivity contribution in [3.05, 3.63) is 59.4 Å². The maximum Gasteiger partial charge on any atom is 0.159 e. The van der Waals surface area contributed by atoms with Gasteiger partial charge in [0.25, 0.3) is 0 Å². The fraction of sp³-hybridized carbons (Fsp3) is 0.312. The molecule has 0 spiro atoms. The Labute approximate surface area is 123 Å². The molecule has 3 nitrogen and oxygen atoms in total. The number of halogens is 2. The van der Waals surface area contributed by atoms with E-state index in [1.807, 2.05) is 13.0 Å². The van der Waals surface area contributed by atoms with Gasteiger partial charge in [0.05, 0.1) is 18.8 Å². The van der Waals surface area contributed by atoms with Gasteiger partial charge in [-0.1, -0.05) is 13.0 Å². The Morgan fingerprint density at radius 1 is 1.24 bits per heavy atom. The second-order valence-corrected chi connectivity index (χ2v) is 4.65. The van der Waals surface area contributed by atoms with Gasteiger partial charge in [0.1, 0.15) is 5.75 Å². The smallest absolute Gasteiger partial charge is 0.159 e. The van der Waals surface area contributed by atoms with E-state index in [0.29, 0.717) is 17.7 Å². The van der Waals surface area contributed by atoms with Crippen molar-refractivity contribution < 1.29 is 13.5 Å². The minimum Gasteiger partial charge on any atom is -0.495 e. The molecular formula is C16H18F2N2O. The predicted molar refractivity (Wildman–Crippen MR) is 77.3 cm³/mol. The number of methoxy groups -OCH3 is 1. The molecule has 0 aliphatic carbocycles. The quantitative estimate of drug-likeness (QED) is 0.887. The minimum atomic E-state index is -0.839. The van der Waals surface area contributed by atoms with Gasteiger partial charge in [-0.25, -0.2) is 8.78 Å². The molecule has 21 heavy (non-hydrogen) atoms. The molecule has 1 heterocycles. The van der Waals surface area contributed by atoms with E-state index in [0.717, 1.165) is 18.3 Å². The molecular weight excluding hydrogens is 274 g/mol. The molecule has 1 aromatic carbocycles. The molecule has 1 unspecified atom stereocenters. The molecule has 0 saturated heterocycles. The van der Waals surface area contributed by atoms with Crippen molar-refractivity contribution in [3.63, 3.8) is 0 Å². The van der Waals surface area contributed by atoms with Crippen LogP contribution in [0.5, 0.6) is 5.75 Å². The molecule has 0 bridgehead atoms. The summed E-state index contributed by atoms with van der Waals surface area (Å²) in [5, 5.41) is 3.30. The van der Waals surface area contributed by atoms with Crippen LogP contribution in [0.25, 0.3) is 0 Å². The van der Waals surface area contributed by atoms with E-state index in [1.54, 1.807) is 25.4 Å². The van der Waals surface area contributed by atoms with Crippen molar-refractivity contribution in [2.45, 2.75) is 19.4 Å². The first-order valence-corrected chi connectivity index (χ1v) is 6.82. The fourth-order valence-corrected chi connectivity index (χ4v) is 2.25. The molecule has 1 aromatic heterocycles. The number of ether oxygens (including phenoxy) is 1. The second kappa shape index (κ2) is 7.13. The Bertz CT molecular complexity index is 605. The molecule has 0 amide bonds. The molecule has 5 heteroatoms. The third-order valence-electron chi connectivity index (χ3n) is 3.22. The number of hydrogen-bond donors (Lipinski definition) is 1. The lowest BCUT2D eigenvalue weighted by atomic mass is 10.0. The highest BCUT2D eigenvalue weighted by Gasteiger charge is 2.17. The Balaban J connectivity index is 2.28. The van der Waals surface area contributed by atoms with Crippen LogP contribution in [0.3, 0.4) is 0 Å². The molecule has 0 aliphatic heterocycles. The second-order valence-electron chi connectivity index (χ2n) is 4.65. The van der Waals surface area contributed by atoms with Gasteiger partial charge in [0.15, 0.2) is 11.6 Å².